The number of carbonyl (C=O) groups is 1. The van der Waals surface area contributed by atoms with Crippen molar-refractivity contribution >= 4 is 13.8 Å². The number of carboxylic acids is 1. The number of quaternary nitrogens is 1. The van der Waals surface area contributed by atoms with E-state index in [4.69, 9.17) is 25.0 Å². The molecule has 0 aliphatic heterocycles. The molecule has 0 heterocycles. The summed E-state index contributed by atoms with van der Waals surface area (Å²) in [5.41, 5.74) is 3.82. The van der Waals surface area contributed by atoms with Crippen LogP contribution in [0.2, 0.25) is 0 Å². The summed E-state index contributed by atoms with van der Waals surface area (Å²) in [6, 6.07) is 0.536. The van der Waals surface area contributed by atoms with E-state index in [0.29, 0.717) is 12.6 Å². The van der Waals surface area contributed by atoms with Crippen molar-refractivity contribution in [2.45, 2.75) is 122 Å². The first-order chi connectivity index (χ1) is 18.3. The van der Waals surface area contributed by atoms with Crippen LogP contribution in [-0.2, 0) is 30.4 Å². The third-order valence-corrected chi connectivity index (χ3v) is 7.91. The molecule has 12 heteroatoms. The summed E-state index contributed by atoms with van der Waals surface area (Å²) in [7, 11) is -5.14. The summed E-state index contributed by atoms with van der Waals surface area (Å²) in [4.78, 5) is 36.1. The number of nitrogens with zero attached hydrogens (tertiary/aromatic N) is 1. The molecule has 1 unspecified atom stereocenters. The first-order valence-electron chi connectivity index (χ1n) is 15.0. The summed E-state index contributed by atoms with van der Waals surface area (Å²) >= 11 is 0. The number of aliphatic hydroxyl groups is 1. The van der Waals surface area contributed by atoms with Gasteiger partial charge in [-0.2, -0.15) is 0 Å². The molecule has 0 radical (unpaired) electrons. The minimum Gasteiger partial charge on any atom is -0.790 e. The molecular weight excluding hydrogens is 728 g/mol. The van der Waals surface area contributed by atoms with Crippen molar-refractivity contribution in [2.24, 2.45) is 11.7 Å². The first-order valence-corrected chi connectivity index (χ1v) is 16.5. The maximum absolute atomic E-state index is 11.8. The predicted octanol–water partition coefficient (Wildman–Crippen LogP) is 2.84. The van der Waals surface area contributed by atoms with E-state index in [9.17, 15) is 15.0 Å². The Morgan fingerprint density at radius 2 is 1.37 bits per heavy atom. The second kappa shape index (κ2) is 25.0. The summed E-state index contributed by atoms with van der Waals surface area (Å²) in [5, 5.41) is 22.7. The van der Waals surface area contributed by atoms with Crippen LogP contribution < -0.4 is 26.8 Å². The molecule has 0 aromatic rings. The molecule has 1 saturated carbocycles. The van der Waals surface area contributed by atoms with Crippen molar-refractivity contribution in [3.8, 4) is 0 Å². The van der Waals surface area contributed by atoms with Crippen LogP contribution in [0, 0.1) is 5.92 Å². The molecule has 0 bridgehead atoms. The van der Waals surface area contributed by atoms with Crippen LogP contribution in [0.1, 0.15) is 111 Å². The minimum absolute atomic E-state index is 0. The van der Waals surface area contributed by atoms with Crippen LogP contribution in [0.4, 0.5) is 0 Å². The monoisotopic (exact) mass is 786 g/mol. The van der Waals surface area contributed by atoms with E-state index in [1.807, 2.05) is 0 Å². The smallest absolute Gasteiger partial charge is 0.790 e. The van der Waals surface area contributed by atoms with Crippen molar-refractivity contribution in [3.05, 3.63) is 24.3 Å². The molecule has 0 aromatic carbocycles. The number of aliphatic carboxylic acids is 1. The fourth-order valence-corrected chi connectivity index (χ4v) is 5.25. The molecule has 1 fully saturated rings. The Morgan fingerprint density at radius 1 is 0.927 bits per heavy atom. The fraction of sp³-hybridized carbons (Fsp3) is 0.828. The SMILES string of the molecule is CCCCCC[N+](CC)(CCCCCC)CCC(O)(C(=O)[O-])C1C=CC=C1.N.NC1CCCCC1.O=P([O-])([O-])O.[Pt+2]. The summed E-state index contributed by atoms with van der Waals surface area (Å²) in [6.07, 6.45) is 23.8. The Bertz CT molecular complexity index is 728. The third kappa shape index (κ3) is 21.9. The molecule has 246 valence electrons. The van der Waals surface area contributed by atoms with Crippen molar-refractivity contribution in [1.82, 2.24) is 6.15 Å². The Balaban J connectivity index is -0.000000853. The van der Waals surface area contributed by atoms with Gasteiger partial charge in [-0.15, -0.1) is 0 Å². The standard InChI is InChI=1S/C23H41NO3.C6H13N.H3N.H3O4P.Pt/c1-4-7-9-13-18-24(6-3,19-14-10-8-5-2)20-17-23(27,22(25)26)21-15-11-12-16-21;7-6-4-2-1-3-5-6;;1-5(2,3)4;/h11-12,15-16,21,27H,4-10,13-14,17-20H2,1-3H3;6H,1-5,7H2;1H3;(H3,1,2,3,4);/q;;;;+2/p-2. The van der Waals surface area contributed by atoms with Crippen molar-refractivity contribution < 1.29 is 59.8 Å². The second-order valence-corrected chi connectivity index (χ2v) is 12.0. The Labute approximate surface area is 263 Å². The zero-order valence-electron chi connectivity index (χ0n) is 25.6. The van der Waals surface area contributed by atoms with Crippen LogP contribution >= 0.6 is 7.82 Å². The van der Waals surface area contributed by atoms with Crippen LogP contribution in [-0.4, -0.2) is 58.3 Å². The van der Waals surface area contributed by atoms with Crippen molar-refractivity contribution in [2.75, 3.05) is 26.2 Å². The zero-order chi connectivity index (χ0) is 29.8. The van der Waals surface area contributed by atoms with Crippen LogP contribution in [0.25, 0.3) is 0 Å². The average Bonchev–Trinajstić information content (AvgIpc) is 3.43. The Morgan fingerprint density at radius 3 is 1.68 bits per heavy atom. The predicted molar refractivity (Wildman–Crippen MR) is 156 cm³/mol. The van der Waals surface area contributed by atoms with Gasteiger partial charge in [0.1, 0.15) is 5.60 Å². The number of carboxylic acid groups (broad SMARTS) is 1. The number of rotatable bonds is 16. The molecule has 0 spiro atoms. The number of allylic oxidation sites excluding steroid dienone is 2. The van der Waals surface area contributed by atoms with Crippen LogP contribution in [0.5, 0.6) is 0 Å². The van der Waals surface area contributed by atoms with Gasteiger partial charge in [-0.25, -0.2) is 0 Å². The maximum Gasteiger partial charge on any atom is 2.00 e. The van der Waals surface area contributed by atoms with Gasteiger partial charge in [0.25, 0.3) is 0 Å². The van der Waals surface area contributed by atoms with E-state index >= 15 is 0 Å². The molecule has 0 saturated heterocycles. The first kappa shape index (κ1) is 45.0. The van der Waals surface area contributed by atoms with Crippen LogP contribution in [0.15, 0.2) is 24.3 Å². The van der Waals surface area contributed by atoms with E-state index < -0.39 is 25.3 Å². The molecule has 0 amide bonds. The molecule has 7 N–H and O–H groups in total. The summed E-state index contributed by atoms with van der Waals surface area (Å²) in [6.45, 7) is 10.5. The van der Waals surface area contributed by atoms with Gasteiger partial charge in [0.15, 0.2) is 0 Å². The molecular formula is C29H58N3O7PPt. The van der Waals surface area contributed by atoms with Gasteiger partial charge in [-0.1, -0.05) is 83.1 Å². The molecule has 2 aliphatic carbocycles. The summed E-state index contributed by atoms with van der Waals surface area (Å²) in [5.74, 6) is -1.84. The van der Waals surface area contributed by atoms with Gasteiger partial charge in [0.05, 0.1) is 40.0 Å². The summed E-state index contributed by atoms with van der Waals surface area (Å²) < 4.78 is 9.57. The third-order valence-electron chi connectivity index (χ3n) is 7.91. The number of hydrogen-bond acceptors (Lipinski definition) is 8. The molecule has 10 nitrogen and oxygen atoms in total. The number of hydrogen-bond donors (Lipinski definition) is 4. The number of phosphoric acid groups is 1. The average molecular weight is 787 g/mol. The minimum atomic E-state index is -5.14. The van der Waals surface area contributed by atoms with Crippen molar-refractivity contribution in [3.63, 3.8) is 0 Å². The number of unbranched alkanes of at least 4 members (excludes halogenated alkanes) is 6. The Kier molecular flexibility index (Phi) is 27.4. The van der Waals surface area contributed by atoms with E-state index in [2.05, 4.69) is 20.8 Å². The van der Waals surface area contributed by atoms with E-state index in [0.717, 1.165) is 24.1 Å². The molecule has 0 aromatic heterocycles. The van der Waals surface area contributed by atoms with Gasteiger partial charge in [0.2, 0.25) is 0 Å². The molecule has 2 aliphatic rings. The van der Waals surface area contributed by atoms with Gasteiger partial charge in [-0.3, -0.25) is 0 Å². The largest absolute Gasteiger partial charge is 2.00 e. The second-order valence-electron chi connectivity index (χ2n) is 11.1. The maximum atomic E-state index is 11.8. The fourth-order valence-electron chi connectivity index (χ4n) is 5.25. The van der Waals surface area contributed by atoms with Gasteiger partial charge < -0.3 is 50.6 Å². The van der Waals surface area contributed by atoms with Crippen molar-refractivity contribution in [1.29, 1.82) is 0 Å². The van der Waals surface area contributed by atoms with Gasteiger partial charge in [0, 0.05) is 18.4 Å². The normalized spacial score (nSPS) is 16.8. The van der Waals surface area contributed by atoms with Crippen LogP contribution in [0.3, 0.4) is 0 Å². The number of carbonyl (C=O) groups excluding carboxylic acids is 1. The molecule has 41 heavy (non-hydrogen) atoms. The number of nitrogens with two attached hydrogens (primary N) is 1. The van der Waals surface area contributed by atoms with Gasteiger partial charge >= 0.3 is 21.1 Å². The van der Waals surface area contributed by atoms with Gasteiger partial charge in [-0.05, 0) is 45.4 Å². The van der Waals surface area contributed by atoms with E-state index in [-0.39, 0.29) is 33.6 Å². The Hall–Kier alpha value is -0.412. The van der Waals surface area contributed by atoms with E-state index in [1.54, 1.807) is 24.3 Å². The topological polar surface area (TPSA) is 205 Å². The van der Waals surface area contributed by atoms with E-state index in [1.165, 1.54) is 83.5 Å². The zero-order valence-corrected chi connectivity index (χ0v) is 28.8. The molecule has 1 atom stereocenters. The molecule has 2 rings (SSSR count). The quantitative estimate of drug-likeness (QED) is 0.103.